The number of hydrogen-bond donors (Lipinski definition) is 2. The number of carbonyl (C=O) groups excluding carboxylic acids is 1. The van der Waals surface area contributed by atoms with Gasteiger partial charge in [-0.2, -0.15) is 0 Å². The molecule has 2 aliphatic rings. The highest BCUT2D eigenvalue weighted by Crippen LogP contribution is 2.52. The Morgan fingerprint density at radius 3 is 2.48 bits per heavy atom. The molecule has 1 amide bonds. The van der Waals surface area contributed by atoms with Crippen molar-refractivity contribution in [2.45, 2.75) is 51.1 Å². The molecule has 2 fully saturated rings. The van der Waals surface area contributed by atoms with Gasteiger partial charge in [0.2, 0.25) is 5.91 Å². The number of primary amides is 1. The first-order valence-electron chi connectivity index (χ1n) is 8.78. The predicted molar refractivity (Wildman–Crippen MR) is 93.2 cm³/mol. The van der Waals surface area contributed by atoms with E-state index in [1.54, 1.807) is 0 Å². The molecular formula is C19H29N3O. The lowest BCUT2D eigenvalue weighted by atomic mass is 9.56. The van der Waals surface area contributed by atoms with Crippen molar-refractivity contribution in [2.75, 3.05) is 19.6 Å². The number of piperidine rings is 1. The lowest BCUT2D eigenvalue weighted by Crippen LogP contribution is -2.59. The smallest absolute Gasteiger partial charge is 0.231 e. The Hall–Kier alpha value is -1.39. The van der Waals surface area contributed by atoms with Gasteiger partial charge in [0.25, 0.3) is 0 Å². The van der Waals surface area contributed by atoms with Crippen LogP contribution in [0.1, 0.15) is 44.6 Å². The fourth-order valence-electron chi connectivity index (χ4n) is 4.22. The van der Waals surface area contributed by atoms with E-state index in [1.807, 2.05) is 0 Å². The molecule has 3 N–H and O–H groups in total. The summed E-state index contributed by atoms with van der Waals surface area (Å²) in [5.41, 5.74) is 7.04. The fourth-order valence-corrected chi connectivity index (χ4v) is 4.22. The van der Waals surface area contributed by atoms with Crippen LogP contribution in [-0.4, -0.2) is 42.5 Å². The summed E-state index contributed by atoms with van der Waals surface area (Å²) < 4.78 is 0. The molecule has 0 radical (unpaired) electrons. The first kappa shape index (κ1) is 16.5. The molecule has 4 nitrogen and oxygen atoms in total. The highest BCUT2D eigenvalue weighted by atomic mass is 16.1. The van der Waals surface area contributed by atoms with Crippen LogP contribution in [0.15, 0.2) is 30.3 Å². The lowest BCUT2D eigenvalue weighted by molar-refractivity contribution is -0.119. The zero-order chi connectivity index (χ0) is 16.4. The van der Waals surface area contributed by atoms with Crippen molar-refractivity contribution in [2.24, 2.45) is 11.1 Å². The molecule has 1 aromatic carbocycles. The minimum Gasteiger partial charge on any atom is -0.369 e. The van der Waals surface area contributed by atoms with Crippen molar-refractivity contribution in [3.63, 3.8) is 0 Å². The van der Waals surface area contributed by atoms with E-state index >= 15 is 0 Å². The SMILES string of the molecule is CC1(C)[C@@H](NC2CCN(CC(N)=O)CC2)C[C@H]1c1ccccc1. The highest BCUT2D eigenvalue weighted by molar-refractivity contribution is 5.75. The van der Waals surface area contributed by atoms with E-state index in [-0.39, 0.29) is 5.91 Å². The number of nitrogens with one attached hydrogen (secondary N) is 1. The van der Waals surface area contributed by atoms with Gasteiger partial charge in [0.15, 0.2) is 0 Å². The first-order valence-corrected chi connectivity index (χ1v) is 8.78. The molecule has 4 heteroatoms. The Morgan fingerprint density at radius 2 is 1.91 bits per heavy atom. The summed E-state index contributed by atoms with van der Waals surface area (Å²) in [5.74, 6) is 0.429. The Kier molecular flexibility index (Phi) is 4.74. The number of rotatable bonds is 5. The lowest BCUT2D eigenvalue weighted by Gasteiger charge is -2.54. The summed E-state index contributed by atoms with van der Waals surface area (Å²) in [6, 6.07) is 12.0. The molecule has 1 aromatic rings. The van der Waals surface area contributed by atoms with E-state index in [1.165, 1.54) is 12.0 Å². The van der Waals surface area contributed by atoms with Gasteiger partial charge >= 0.3 is 0 Å². The predicted octanol–water partition coefficient (Wildman–Crippen LogP) is 2.11. The summed E-state index contributed by atoms with van der Waals surface area (Å²) in [5, 5.41) is 3.88. The Morgan fingerprint density at radius 1 is 1.26 bits per heavy atom. The van der Waals surface area contributed by atoms with Crippen LogP contribution in [0.5, 0.6) is 0 Å². The third kappa shape index (κ3) is 3.59. The fraction of sp³-hybridized carbons (Fsp3) is 0.632. The number of nitrogens with two attached hydrogens (primary N) is 1. The van der Waals surface area contributed by atoms with E-state index in [2.05, 4.69) is 54.4 Å². The quantitative estimate of drug-likeness (QED) is 0.875. The van der Waals surface area contributed by atoms with Crippen molar-refractivity contribution in [3.8, 4) is 0 Å². The summed E-state index contributed by atoms with van der Waals surface area (Å²) in [4.78, 5) is 13.2. The number of likely N-dealkylation sites (tertiary alicyclic amines) is 1. The maximum atomic E-state index is 11.0. The molecule has 1 aliphatic heterocycles. The van der Waals surface area contributed by atoms with Gasteiger partial charge in [-0.05, 0) is 36.2 Å². The minimum absolute atomic E-state index is 0.220. The van der Waals surface area contributed by atoms with Crippen molar-refractivity contribution < 1.29 is 4.79 Å². The Bertz CT molecular complexity index is 535. The Labute approximate surface area is 139 Å². The number of carbonyl (C=O) groups is 1. The van der Waals surface area contributed by atoms with Gasteiger partial charge in [-0.25, -0.2) is 0 Å². The van der Waals surface area contributed by atoms with Gasteiger partial charge in [-0.1, -0.05) is 44.2 Å². The largest absolute Gasteiger partial charge is 0.369 e. The van der Waals surface area contributed by atoms with Crippen LogP contribution < -0.4 is 11.1 Å². The van der Waals surface area contributed by atoms with Gasteiger partial charge in [-0.15, -0.1) is 0 Å². The summed E-state index contributed by atoms with van der Waals surface area (Å²) >= 11 is 0. The maximum Gasteiger partial charge on any atom is 0.231 e. The third-order valence-electron chi connectivity index (χ3n) is 5.87. The van der Waals surface area contributed by atoms with Crippen LogP contribution in [-0.2, 0) is 4.79 Å². The number of benzene rings is 1. The average Bonchev–Trinajstić information content (AvgIpc) is 2.53. The van der Waals surface area contributed by atoms with Gasteiger partial charge in [0.1, 0.15) is 0 Å². The van der Waals surface area contributed by atoms with Crippen molar-refractivity contribution in [1.82, 2.24) is 10.2 Å². The molecule has 0 bridgehead atoms. The molecule has 0 aromatic heterocycles. The van der Waals surface area contributed by atoms with Crippen LogP contribution in [0.4, 0.5) is 0 Å². The summed E-state index contributed by atoms with van der Waals surface area (Å²) in [6.45, 7) is 7.10. The zero-order valence-corrected chi connectivity index (χ0v) is 14.3. The third-order valence-corrected chi connectivity index (χ3v) is 5.87. The summed E-state index contributed by atoms with van der Waals surface area (Å²) in [7, 11) is 0. The normalized spacial score (nSPS) is 28.3. The van der Waals surface area contributed by atoms with Gasteiger partial charge in [0, 0.05) is 25.2 Å². The molecule has 1 saturated heterocycles. The number of hydrogen-bond acceptors (Lipinski definition) is 3. The molecule has 126 valence electrons. The molecule has 0 spiro atoms. The monoisotopic (exact) mass is 315 g/mol. The van der Waals surface area contributed by atoms with E-state index in [0.29, 0.717) is 30.0 Å². The standard InChI is InChI=1S/C19H29N3O/c1-19(2)16(14-6-4-3-5-7-14)12-17(19)21-15-8-10-22(11-9-15)13-18(20)23/h3-7,15-17,21H,8-13H2,1-2H3,(H2,20,23)/t16-,17-/m0/s1. The van der Waals surface area contributed by atoms with Crippen molar-refractivity contribution >= 4 is 5.91 Å². The second-order valence-electron chi connectivity index (χ2n) is 7.76. The van der Waals surface area contributed by atoms with E-state index in [4.69, 9.17) is 5.73 Å². The molecule has 1 aliphatic carbocycles. The molecular weight excluding hydrogens is 286 g/mol. The number of nitrogens with zero attached hydrogens (tertiary/aromatic N) is 1. The second kappa shape index (κ2) is 6.62. The average molecular weight is 315 g/mol. The van der Waals surface area contributed by atoms with Gasteiger partial charge in [0.05, 0.1) is 6.54 Å². The summed E-state index contributed by atoms with van der Waals surface area (Å²) in [6.07, 6.45) is 3.43. The first-order chi connectivity index (χ1) is 11.0. The molecule has 0 unspecified atom stereocenters. The van der Waals surface area contributed by atoms with Crippen molar-refractivity contribution in [1.29, 1.82) is 0 Å². The number of amides is 1. The molecule has 3 rings (SSSR count). The minimum atomic E-state index is -0.220. The topological polar surface area (TPSA) is 58.4 Å². The van der Waals surface area contributed by atoms with E-state index in [0.717, 1.165) is 25.9 Å². The molecule has 2 atom stereocenters. The molecule has 1 saturated carbocycles. The van der Waals surface area contributed by atoms with Gasteiger partial charge < -0.3 is 11.1 Å². The van der Waals surface area contributed by atoms with Crippen molar-refractivity contribution in [3.05, 3.63) is 35.9 Å². The molecule has 1 heterocycles. The zero-order valence-electron chi connectivity index (χ0n) is 14.3. The van der Waals surface area contributed by atoms with Crippen LogP contribution in [0.25, 0.3) is 0 Å². The van der Waals surface area contributed by atoms with E-state index in [9.17, 15) is 4.79 Å². The molecule has 23 heavy (non-hydrogen) atoms. The highest BCUT2D eigenvalue weighted by Gasteiger charge is 2.49. The van der Waals surface area contributed by atoms with Crippen LogP contribution >= 0.6 is 0 Å². The van der Waals surface area contributed by atoms with E-state index < -0.39 is 0 Å². The van der Waals surface area contributed by atoms with Gasteiger partial charge in [-0.3, -0.25) is 9.69 Å². The maximum absolute atomic E-state index is 11.0. The van der Waals surface area contributed by atoms with Crippen LogP contribution in [0, 0.1) is 5.41 Å². The van der Waals surface area contributed by atoms with Crippen LogP contribution in [0.3, 0.4) is 0 Å². The Balaban J connectivity index is 1.50. The van der Waals surface area contributed by atoms with Crippen LogP contribution in [0.2, 0.25) is 0 Å². The second-order valence-corrected chi connectivity index (χ2v) is 7.76.